The number of amides is 9. The minimum absolute atomic E-state index is 0.00423. The van der Waals surface area contributed by atoms with Crippen LogP contribution in [0.2, 0.25) is 0 Å². The summed E-state index contributed by atoms with van der Waals surface area (Å²) in [5.74, 6) is -5.63. The average Bonchev–Trinajstić information content (AvgIpc) is 1.39. The number of aryl methyl sites for hydroxylation is 8. The molecule has 114 heavy (non-hydrogen) atoms. The number of ketones is 2. The summed E-state index contributed by atoms with van der Waals surface area (Å²) in [6, 6.07) is 10.5. The van der Waals surface area contributed by atoms with Gasteiger partial charge >= 0.3 is 0 Å². The highest BCUT2D eigenvalue weighted by molar-refractivity contribution is 8.00. The number of hydrogen-bond acceptors (Lipinski definition) is 16. The van der Waals surface area contributed by atoms with Crippen LogP contribution in [0.3, 0.4) is 0 Å². The minimum atomic E-state index is -2.06. The maximum Gasteiger partial charge on any atom is 0.291 e. The number of nitrogens with zero attached hydrogens (tertiary/aromatic N) is 9. The molecule has 9 amide bonds. The lowest BCUT2D eigenvalue weighted by atomic mass is 9.44. The van der Waals surface area contributed by atoms with Gasteiger partial charge in [0.15, 0.2) is 28.2 Å². The van der Waals surface area contributed by atoms with Gasteiger partial charge in [-0.05, 0) is 118 Å². The van der Waals surface area contributed by atoms with Crippen LogP contribution in [0.5, 0.6) is 0 Å². The van der Waals surface area contributed by atoms with E-state index in [0.717, 1.165) is 0 Å². The first-order valence-corrected chi connectivity index (χ1v) is 38.6. The van der Waals surface area contributed by atoms with Crippen molar-refractivity contribution in [1.29, 1.82) is 0 Å². The largest absolute Gasteiger partial charge is 0.390 e. The Kier molecular flexibility index (Phi) is 23.4. The van der Waals surface area contributed by atoms with Gasteiger partial charge in [-0.1, -0.05) is 25.5 Å². The third-order valence-electron chi connectivity index (χ3n) is 22.5. The van der Waals surface area contributed by atoms with E-state index in [0.29, 0.717) is 82.1 Å². The normalized spacial score (nSPS) is 21.3. The number of imidazole rings is 1. The van der Waals surface area contributed by atoms with E-state index in [4.69, 9.17) is 12.2 Å². The Morgan fingerprint density at radius 3 is 1.37 bits per heavy atom. The van der Waals surface area contributed by atoms with E-state index in [1.807, 2.05) is 13.8 Å². The number of rotatable bonds is 28. The molecule has 0 bridgehead atoms. The van der Waals surface area contributed by atoms with Crippen molar-refractivity contribution in [2.45, 2.75) is 76.7 Å². The van der Waals surface area contributed by atoms with Gasteiger partial charge in [0, 0.05) is 167 Å². The number of carbonyl (C=O) groups excluding carboxylic acids is 11. The fraction of sp³-hybridized carbons (Fsp3) is 0.397. The van der Waals surface area contributed by atoms with Gasteiger partial charge in [-0.2, -0.15) is 11.8 Å². The summed E-state index contributed by atoms with van der Waals surface area (Å²) in [7, 11) is 13.1. The molecule has 0 aliphatic heterocycles. The fourth-order valence-electron chi connectivity index (χ4n) is 16.7. The van der Waals surface area contributed by atoms with Gasteiger partial charge in [0.05, 0.1) is 51.7 Å². The molecule has 0 spiro atoms. The number of thiocarbonyl (C=S) groups is 1. The summed E-state index contributed by atoms with van der Waals surface area (Å²) in [5.41, 5.74) is -1.62. The van der Waals surface area contributed by atoms with Crippen molar-refractivity contribution >= 4 is 134 Å². The first-order chi connectivity index (χ1) is 54.0. The van der Waals surface area contributed by atoms with Crippen LogP contribution in [-0.4, -0.2) is 177 Å². The Balaban J connectivity index is 0.528. The highest BCUT2D eigenvalue weighted by Gasteiger charge is 2.75. The number of aliphatic hydroxyl groups is 2. The van der Waals surface area contributed by atoms with Gasteiger partial charge in [-0.15, -0.1) is 0 Å². The molecular weight excluding hydrogens is 1510 g/mol. The molecule has 8 heterocycles. The van der Waals surface area contributed by atoms with E-state index < -0.39 is 87.3 Å². The number of halogens is 1. The molecule has 3 saturated carbocycles. The van der Waals surface area contributed by atoms with E-state index in [-0.39, 0.29) is 114 Å². The lowest BCUT2D eigenvalue weighted by Crippen LogP contribution is -2.69. The zero-order valence-corrected chi connectivity index (χ0v) is 66.5. The van der Waals surface area contributed by atoms with Crippen LogP contribution in [0.15, 0.2) is 122 Å². The lowest BCUT2D eigenvalue weighted by molar-refractivity contribution is -0.218. The Bertz CT molecular complexity index is 5280. The molecule has 13 N–H and O–H groups in total. The van der Waals surface area contributed by atoms with Crippen molar-refractivity contribution in [2.24, 2.45) is 85.0 Å². The summed E-state index contributed by atoms with van der Waals surface area (Å²) < 4.78 is 29.9. The molecular formula is C78H93FN20O13S2. The average molecular weight is 1600 g/mol. The molecule has 3 fully saturated rings. The maximum absolute atomic E-state index is 17.6. The van der Waals surface area contributed by atoms with E-state index in [1.54, 1.807) is 133 Å². The smallest absolute Gasteiger partial charge is 0.291 e. The van der Waals surface area contributed by atoms with Crippen molar-refractivity contribution in [3.8, 4) is 0 Å². The molecule has 12 rings (SSSR count). The standard InChI is InChI=1S/C78H93FN20O13S2/c1-43-25-54-53-15-14-44-26-52(100)16-17-75(44,2)77(53,79)62(101)34-76(54,3)78(43,112)63(102)42-114-24-22-84-74(113)83-20-19-82-67(105)56-29-47(37-94(56)6)87-70(108)59-31-49(39-96(59)8)89-71(109)60-30-48(38-98(60)10)88-68(106)57-27-45(35-95(57)7)85-64(103)13-12-18-81-66(104)55-28-46(36-93(55)5)86-69(107)58-32-50(40-97(58)9)90-72(110)61-33-51(41-99(61)11)91-73(111)65-80-21-23-92(65)4/h16-17,21,23,26-33,35-41,43,53-54,62,101,112H,12-15,18-20,22,24-25,34,42H2,1-11H3,(H,81,104)(H,82,105)(H,85,103)(H,86,107)(H,87,108)(H,88,106)(H,89,109)(H,90,110)(H,91,111)(H2,83,84,113)/t43-,53+,54+,62+,75+,76+,77+,78+/m1/s1. The highest BCUT2D eigenvalue weighted by atomic mass is 32.2. The quantitative estimate of drug-likeness (QED) is 0.0189. The minimum Gasteiger partial charge on any atom is -0.390 e. The molecule has 0 saturated heterocycles. The molecule has 8 atom stereocenters. The van der Waals surface area contributed by atoms with Crippen molar-refractivity contribution < 1.29 is 67.3 Å². The van der Waals surface area contributed by atoms with Gasteiger partial charge in [0.1, 0.15) is 45.5 Å². The van der Waals surface area contributed by atoms with Crippen molar-refractivity contribution in [3.05, 3.63) is 168 Å². The van der Waals surface area contributed by atoms with Crippen LogP contribution in [0, 0.1) is 28.6 Å². The van der Waals surface area contributed by atoms with Crippen LogP contribution in [0.25, 0.3) is 0 Å². The molecule has 0 radical (unpaired) electrons. The highest BCUT2D eigenvalue weighted by Crippen LogP contribution is 2.71. The van der Waals surface area contributed by atoms with E-state index in [2.05, 4.69) is 63.5 Å². The second-order valence-corrected chi connectivity index (χ2v) is 31.7. The van der Waals surface area contributed by atoms with Crippen LogP contribution < -0.4 is 58.5 Å². The number of nitrogens with one attached hydrogen (secondary N) is 11. The summed E-state index contributed by atoms with van der Waals surface area (Å²) >= 11 is 6.79. The van der Waals surface area contributed by atoms with E-state index >= 15 is 4.39 Å². The molecule has 0 aromatic carbocycles. The number of Topliss-reactive ketones (excluding diaryl/α,β-unsaturated/α-hetero) is 1. The number of aliphatic hydroxyl groups excluding tert-OH is 1. The lowest BCUT2D eigenvalue weighted by Gasteiger charge is -2.62. The predicted octanol–water partition coefficient (Wildman–Crippen LogP) is 6.30. The van der Waals surface area contributed by atoms with Gasteiger partial charge in [0.25, 0.3) is 47.3 Å². The van der Waals surface area contributed by atoms with Crippen molar-refractivity contribution in [1.82, 2.24) is 62.8 Å². The monoisotopic (exact) mass is 1600 g/mol. The first kappa shape index (κ1) is 81.6. The topological polar surface area (TPSA) is 413 Å². The van der Waals surface area contributed by atoms with Crippen LogP contribution in [-0.2, 0) is 70.8 Å². The number of alkyl halides is 1. The molecule has 0 unspecified atom stereocenters. The Morgan fingerprint density at radius 1 is 0.544 bits per heavy atom. The first-order valence-electron chi connectivity index (χ1n) is 37.0. The number of aromatic nitrogens is 9. The number of carbonyl (C=O) groups is 11. The van der Waals surface area contributed by atoms with Gasteiger partial charge in [0.2, 0.25) is 5.91 Å². The van der Waals surface area contributed by atoms with E-state index in [1.165, 1.54) is 95.4 Å². The second kappa shape index (κ2) is 32.7. The Labute approximate surface area is 664 Å². The van der Waals surface area contributed by atoms with Crippen LogP contribution >= 0.6 is 24.0 Å². The summed E-state index contributed by atoms with van der Waals surface area (Å²) in [5, 5.41) is 55.6. The van der Waals surface area contributed by atoms with Gasteiger partial charge < -0.3 is 105 Å². The zero-order chi connectivity index (χ0) is 82.2. The number of hydrogen-bond donors (Lipinski definition) is 13. The third-order valence-corrected chi connectivity index (χ3v) is 23.7. The molecule has 4 aliphatic rings. The SMILES string of the molecule is C[C@@H]1C[C@H]2[C@@H]3CCC4=CC(=O)C=C[C@]4(C)[C@@]3(F)[C@@H](O)C[C@]2(C)[C@@]1(O)C(=O)CSCCNC(=S)NCCNC(=O)c1cc(NC(=O)c2cc(NC(=O)c3cc(NC(=O)c4cc(NC(=O)CCCNC(=O)c5cc(NC(=O)c6cc(NC(=O)c7cc(NC(=O)c8nccn8C)cn7C)cn6C)cn5C)cn4C)cn3C)cn2C)cn1C. The third kappa shape index (κ3) is 16.2. The fourth-order valence-corrected chi connectivity index (χ4v) is 17.7. The van der Waals surface area contributed by atoms with Gasteiger partial charge in [-0.25, -0.2) is 9.37 Å². The zero-order valence-electron chi connectivity index (χ0n) is 64.9. The molecule has 33 nitrogen and oxygen atoms in total. The van der Waals surface area contributed by atoms with Crippen LogP contribution in [0.1, 0.15) is 143 Å². The molecule has 4 aliphatic carbocycles. The van der Waals surface area contributed by atoms with Gasteiger partial charge in [-0.3, -0.25) is 52.7 Å². The number of anilines is 7. The maximum atomic E-state index is 17.6. The molecule has 602 valence electrons. The molecule has 36 heteroatoms. The van der Waals surface area contributed by atoms with Crippen molar-refractivity contribution in [2.75, 3.05) is 74.9 Å². The number of fused-ring (bicyclic) bond motifs is 5. The Hall–Kier alpha value is -11.9. The number of thioether (sulfide) groups is 1. The predicted molar refractivity (Wildman–Crippen MR) is 430 cm³/mol. The summed E-state index contributed by atoms with van der Waals surface area (Å²) in [4.78, 5) is 150. The Morgan fingerprint density at radius 2 is 0.939 bits per heavy atom. The summed E-state index contributed by atoms with van der Waals surface area (Å²) in [6.45, 7) is 6.37. The van der Waals surface area contributed by atoms with Crippen LogP contribution in [0.4, 0.5) is 44.2 Å². The summed E-state index contributed by atoms with van der Waals surface area (Å²) in [6.07, 6.45) is 18.6. The second-order valence-electron chi connectivity index (χ2n) is 30.2. The molecule has 8 aromatic rings. The number of allylic oxidation sites excluding steroid dienone is 4. The molecule has 8 aromatic heterocycles. The van der Waals surface area contributed by atoms with Crippen molar-refractivity contribution in [3.63, 3.8) is 0 Å². The van der Waals surface area contributed by atoms with E-state index in [9.17, 15) is 63.0 Å².